The first-order valence-corrected chi connectivity index (χ1v) is 9.68. The first-order valence-electron chi connectivity index (χ1n) is 9.68. The maximum atomic E-state index is 12.8. The molecule has 29 heavy (non-hydrogen) atoms. The summed E-state index contributed by atoms with van der Waals surface area (Å²) < 4.78 is 16.6. The summed E-state index contributed by atoms with van der Waals surface area (Å²) >= 11 is 0. The number of hydrogen-bond acceptors (Lipinski definition) is 5. The van der Waals surface area contributed by atoms with Gasteiger partial charge in [0.25, 0.3) is 5.91 Å². The van der Waals surface area contributed by atoms with E-state index < -0.39 is 0 Å². The molecule has 6 heteroatoms. The fourth-order valence-corrected chi connectivity index (χ4v) is 3.53. The highest BCUT2D eigenvalue weighted by Crippen LogP contribution is 2.26. The van der Waals surface area contributed by atoms with Gasteiger partial charge in [0.1, 0.15) is 17.8 Å². The van der Waals surface area contributed by atoms with E-state index in [9.17, 15) is 4.79 Å². The van der Waals surface area contributed by atoms with Crippen LogP contribution in [0.15, 0.2) is 59.2 Å². The normalized spacial score (nSPS) is 16.0. The van der Waals surface area contributed by atoms with Crippen molar-refractivity contribution in [2.24, 2.45) is 5.92 Å². The Kier molecular flexibility index (Phi) is 5.25. The fourth-order valence-electron chi connectivity index (χ4n) is 3.53. The van der Waals surface area contributed by atoms with Crippen molar-refractivity contribution in [1.82, 2.24) is 9.88 Å². The molecule has 3 aromatic rings. The summed E-state index contributed by atoms with van der Waals surface area (Å²) in [7, 11) is 1.64. The SMILES string of the molecule is COc1ccc2ccc(OCc3nc(C(=O)N4CC=CC4C(C)C)co3)cc2c1. The molecule has 0 radical (unpaired) electrons. The average molecular weight is 392 g/mol. The van der Waals surface area contributed by atoms with Gasteiger partial charge in [0, 0.05) is 6.54 Å². The Bertz CT molecular complexity index is 1050. The smallest absolute Gasteiger partial charge is 0.276 e. The summed E-state index contributed by atoms with van der Waals surface area (Å²) in [4.78, 5) is 18.9. The molecular weight excluding hydrogens is 368 g/mol. The molecule has 2 heterocycles. The van der Waals surface area contributed by atoms with Crippen LogP contribution >= 0.6 is 0 Å². The topological polar surface area (TPSA) is 64.8 Å². The van der Waals surface area contributed by atoms with E-state index in [1.165, 1.54) is 6.26 Å². The number of benzene rings is 2. The zero-order valence-electron chi connectivity index (χ0n) is 16.8. The summed E-state index contributed by atoms with van der Waals surface area (Å²) in [5.74, 6) is 2.08. The van der Waals surface area contributed by atoms with Crippen LogP contribution in [0, 0.1) is 5.92 Å². The second-order valence-corrected chi connectivity index (χ2v) is 7.41. The molecular formula is C23H24N2O4. The van der Waals surface area contributed by atoms with Crippen LogP contribution in [0.5, 0.6) is 11.5 Å². The molecule has 0 saturated carbocycles. The third-order valence-electron chi connectivity index (χ3n) is 5.09. The molecule has 1 atom stereocenters. The third-order valence-corrected chi connectivity index (χ3v) is 5.09. The van der Waals surface area contributed by atoms with E-state index in [4.69, 9.17) is 13.9 Å². The summed E-state index contributed by atoms with van der Waals surface area (Å²) in [6, 6.07) is 11.8. The van der Waals surface area contributed by atoms with Gasteiger partial charge < -0.3 is 18.8 Å². The van der Waals surface area contributed by atoms with Crippen molar-refractivity contribution in [1.29, 1.82) is 0 Å². The number of amides is 1. The van der Waals surface area contributed by atoms with Crippen LogP contribution in [0.3, 0.4) is 0 Å². The summed E-state index contributed by atoms with van der Waals surface area (Å²) in [6.45, 7) is 4.94. The second-order valence-electron chi connectivity index (χ2n) is 7.41. The molecule has 6 nitrogen and oxygen atoms in total. The molecule has 0 fully saturated rings. The second kappa shape index (κ2) is 7.99. The molecule has 1 aliphatic rings. The van der Waals surface area contributed by atoms with Crippen molar-refractivity contribution in [2.45, 2.75) is 26.5 Å². The molecule has 0 aliphatic carbocycles. The van der Waals surface area contributed by atoms with Crippen LogP contribution in [0.4, 0.5) is 0 Å². The Morgan fingerprint density at radius 2 is 1.97 bits per heavy atom. The lowest BCUT2D eigenvalue weighted by atomic mass is 10.0. The fraction of sp³-hybridized carbons (Fsp3) is 0.304. The average Bonchev–Trinajstić information content (AvgIpc) is 3.41. The lowest BCUT2D eigenvalue weighted by molar-refractivity contribution is 0.0714. The number of ether oxygens (including phenoxy) is 2. The monoisotopic (exact) mass is 392 g/mol. The first kappa shape index (κ1) is 19.1. The molecule has 1 aromatic heterocycles. The van der Waals surface area contributed by atoms with Crippen molar-refractivity contribution in [3.63, 3.8) is 0 Å². The van der Waals surface area contributed by atoms with Gasteiger partial charge in [-0.05, 0) is 41.0 Å². The molecule has 0 N–H and O–H groups in total. The molecule has 1 aliphatic heterocycles. The van der Waals surface area contributed by atoms with E-state index in [1.807, 2.05) is 47.4 Å². The van der Waals surface area contributed by atoms with E-state index in [0.29, 0.717) is 29.8 Å². The van der Waals surface area contributed by atoms with Gasteiger partial charge in [-0.15, -0.1) is 0 Å². The number of oxazole rings is 1. The number of carbonyl (C=O) groups excluding carboxylic acids is 1. The lowest BCUT2D eigenvalue weighted by Crippen LogP contribution is -2.39. The van der Waals surface area contributed by atoms with Gasteiger partial charge in [0.05, 0.1) is 13.2 Å². The number of aromatic nitrogens is 1. The van der Waals surface area contributed by atoms with Crippen molar-refractivity contribution >= 4 is 16.7 Å². The Morgan fingerprint density at radius 1 is 1.21 bits per heavy atom. The van der Waals surface area contributed by atoms with Crippen LogP contribution in [0.25, 0.3) is 10.8 Å². The van der Waals surface area contributed by atoms with Crippen LogP contribution in [-0.2, 0) is 6.61 Å². The van der Waals surface area contributed by atoms with Gasteiger partial charge in [0.15, 0.2) is 12.3 Å². The maximum Gasteiger partial charge on any atom is 0.276 e. The minimum atomic E-state index is -0.124. The molecule has 0 saturated heterocycles. The predicted octanol–water partition coefficient (Wildman–Crippen LogP) is 4.45. The summed E-state index contributed by atoms with van der Waals surface area (Å²) in [5.41, 5.74) is 0.307. The van der Waals surface area contributed by atoms with Gasteiger partial charge in [-0.2, -0.15) is 0 Å². The highest BCUT2D eigenvalue weighted by molar-refractivity contribution is 5.92. The number of fused-ring (bicyclic) bond motifs is 1. The number of rotatable bonds is 6. The van der Waals surface area contributed by atoms with E-state index in [0.717, 1.165) is 16.5 Å². The number of hydrogen-bond donors (Lipinski definition) is 0. The molecule has 0 bridgehead atoms. The van der Waals surface area contributed by atoms with Crippen LogP contribution in [0.2, 0.25) is 0 Å². The van der Waals surface area contributed by atoms with E-state index in [1.54, 1.807) is 7.11 Å². The summed E-state index contributed by atoms with van der Waals surface area (Å²) in [5, 5.41) is 2.12. The molecule has 0 spiro atoms. The van der Waals surface area contributed by atoms with Crippen LogP contribution in [0.1, 0.15) is 30.2 Å². The summed E-state index contributed by atoms with van der Waals surface area (Å²) in [6.07, 6.45) is 5.49. The first-order chi connectivity index (χ1) is 14.0. The van der Waals surface area contributed by atoms with E-state index >= 15 is 0 Å². The van der Waals surface area contributed by atoms with Gasteiger partial charge in [-0.3, -0.25) is 4.79 Å². The van der Waals surface area contributed by atoms with Crippen molar-refractivity contribution in [3.8, 4) is 11.5 Å². The minimum Gasteiger partial charge on any atom is -0.497 e. The molecule has 150 valence electrons. The van der Waals surface area contributed by atoms with Crippen molar-refractivity contribution < 1.29 is 18.7 Å². The standard InChI is InChI=1S/C23H24N2O4/c1-15(2)21-5-4-10-25(21)23(26)20-13-29-22(24-20)14-28-19-9-7-16-6-8-18(27-3)11-17(16)12-19/h4-9,11-13,15,21H,10,14H2,1-3H3. The van der Waals surface area contributed by atoms with E-state index in [-0.39, 0.29) is 18.6 Å². The zero-order chi connectivity index (χ0) is 20.4. The molecule has 1 amide bonds. The number of nitrogens with zero attached hydrogens (tertiary/aromatic N) is 2. The van der Waals surface area contributed by atoms with Gasteiger partial charge >= 0.3 is 0 Å². The maximum absolute atomic E-state index is 12.8. The van der Waals surface area contributed by atoms with Crippen molar-refractivity contribution in [3.05, 3.63) is 66.4 Å². The Morgan fingerprint density at radius 3 is 2.72 bits per heavy atom. The molecule has 1 unspecified atom stereocenters. The number of methoxy groups -OCH3 is 1. The molecule has 2 aromatic carbocycles. The van der Waals surface area contributed by atoms with Gasteiger partial charge in [-0.25, -0.2) is 4.98 Å². The van der Waals surface area contributed by atoms with Crippen molar-refractivity contribution in [2.75, 3.05) is 13.7 Å². The number of carbonyl (C=O) groups is 1. The van der Waals surface area contributed by atoms with Crippen LogP contribution in [-0.4, -0.2) is 35.5 Å². The Labute approximate surface area is 169 Å². The minimum absolute atomic E-state index is 0.0912. The Hall–Kier alpha value is -3.28. The predicted molar refractivity (Wildman–Crippen MR) is 110 cm³/mol. The lowest BCUT2D eigenvalue weighted by Gasteiger charge is -2.26. The molecule has 4 rings (SSSR count). The van der Waals surface area contributed by atoms with Gasteiger partial charge in [0.2, 0.25) is 5.89 Å². The highest BCUT2D eigenvalue weighted by atomic mass is 16.5. The van der Waals surface area contributed by atoms with Gasteiger partial charge in [-0.1, -0.05) is 38.1 Å². The Balaban J connectivity index is 1.43. The van der Waals surface area contributed by atoms with Crippen LogP contribution < -0.4 is 9.47 Å². The third kappa shape index (κ3) is 3.97. The van der Waals surface area contributed by atoms with E-state index in [2.05, 4.69) is 24.9 Å². The highest BCUT2D eigenvalue weighted by Gasteiger charge is 2.29. The quantitative estimate of drug-likeness (QED) is 0.580. The largest absolute Gasteiger partial charge is 0.497 e. The zero-order valence-corrected chi connectivity index (χ0v) is 16.8.